The molecule has 0 unspecified atom stereocenters. The molecule has 19 heavy (non-hydrogen) atoms. The molecular weight excluding hydrogens is 250 g/mol. The van der Waals surface area contributed by atoms with Crippen LogP contribution in [0.4, 0.5) is 5.95 Å². The predicted octanol–water partition coefficient (Wildman–Crippen LogP) is 0.607. The molecule has 8 nitrogen and oxygen atoms in total. The Hall–Kier alpha value is -1.67. The maximum atomic E-state index is 5.38. The Morgan fingerprint density at radius 1 is 1.11 bits per heavy atom. The fourth-order valence-electron chi connectivity index (χ4n) is 1.17. The van der Waals surface area contributed by atoms with Gasteiger partial charge < -0.3 is 14.2 Å². The van der Waals surface area contributed by atoms with Gasteiger partial charge in [-0.1, -0.05) is 13.8 Å². The van der Waals surface area contributed by atoms with Gasteiger partial charge in [-0.15, -0.1) is 4.98 Å². The third kappa shape index (κ3) is 6.16. The van der Waals surface area contributed by atoms with E-state index in [0.717, 1.165) is 0 Å². The van der Waals surface area contributed by atoms with Gasteiger partial charge in [0.2, 0.25) is 5.95 Å². The highest BCUT2D eigenvalue weighted by molar-refractivity contribution is 5.25. The first kappa shape index (κ1) is 15.4. The molecule has 0 fully saturated rings. The van der Waals surface area contributed by atoms with Crippen LogP contribution in [-0.4, -0.2) is 41.4 Å². The van der Waals surface area contributed by atoms with Crippen LogP contribution in [0.5, 0.6) is 12.0 Å². The number of ether oxygens (including phenoxy) is 3. The SMILES string of the molecule is CCOc1nc(NN)nc(OCCOCC(C)C)n1. The van der Waals surface area contributed by atoms with Crippen LogP contribution >= 0.6 is 0 Å². The van der Waals surface area contributed by atoms with Crippen LogP contribution in [0, 0.1) is 5.92 Å². The van der Waals surface area contributed by atoms with Crippen LogP contribution in [0.2, 0.25) is 0 Å². The van der Waals surface area contributed by atoms with Crippen molar-refractivity contribution < 1.29 is 14.2 Å². The number of nitrogens with two attached hydrogens (primary N) is 1. The van der Waals surface area contributed by atoms with Gasteiger partial charge in [0, 0.05) is 6.61 Å². The predicted molar refractivity (Wildman–Crippen MR) is 70.0 cm³/mol. The molecule has 3 N–H and O–H groups in total. The van der Waals surface area contributed by atoms with Crippen molar-refractivity contribution in [2.75, 3.05) is 31.9 Å². The lowest BCUT2D eigenvalue weighted by Gasteiger charge is -2.09. The second-order valence-corrected chi connectivity index (χ2v) is 4.12. The Morgan fingerprint density at radius 2 is 1.79 bits per heavy atom. The fourth-order valence-corrected chi connectivity index (χ4v) is 1.17. The molecule has 0 saturated carbocycles. The molecule has 0 aliphatic carbocycles. The number of anilines is 1. The monoisotopic (exact) mass is 271 g/mol. The molecule has 8 heteroatoms. The zero-order valence-corrected chi connectivity index (χ0v) is 11.5. The van der Waals surface area contributed by atoms with Crippen molar-refractivity contribution in [1.82, 2.24) is 15.0 Å². The summed E-state index contributed by atoms with van der Waals surface area (Å²) in [7, 11) is 0. The van der Waals surface area contributed by atoms with Crippen molar-refractivity contribution in [1.29, 1.82) is 0 Å². The van der Waals surface area contributed by atoms with Crippen LogP contribution < -0.4 is 20.7 Å². The lowest BCUT2D eigenvalue weighted by molar-refractivity contribution is 0.0788. The molecule has 108 valence electrons. The molecule has 0 aliphatic heterocycles. The Labute approximate surface area is 112 Å². The lowest BCUT2D eigenvalue weighted by atomic mass is 10.2. The van der Waals surface area contributed by atoms with Crippen molar-refractivity contribution in [3.63, 3.8) is 0 Å². The number of rotatable bonds is 9. The summed E-state index contributed by atoms with van der Waals surface area (Å²) in [5.74, 6) is 5.94. The van der Waals surface area contributed by atoms with Gasteiger partial charge in [-0.2, -0.15) is 9.97 Å². The maximum Gasteiger partial charge on any atom is 0.324 e. The molecule has 0 atom stereocenters. The molecule has 1 aromatic rings. The minimum absolute atomic E-state index is 0.152. The summed E-state index contributed by atoms with van der Waals surface area (Å²) in [5.41, 5.74) is 2.33. The van der Waals surface area contributed by atoms with Gasteiger partial charge in [0.15, 0.2) is 0 Å². The highest BCUT2D eigenvalue weighted by Crippen LogP contribution is 2.12. The topological polar surface area (TPSA) is 104 Å². The number of nitrogens with zero attached hydrogens (tertiary/aromatic N) is 3. The lowest BCUT2D eigenvalue weighted by Crippen LogP contribution is -2.15. The number of hydrazine groups is 1. The molecule has 1 heterocycles. The summed E-state index contributed by atoms with van der Waals surface area (Å²) in [6, 6.07) is 0.322. The first-order valence-electron chi connectivity index (χ1n) is 6.21. The van der Waals surface area contributed by atoms with Gasteiger partial charge >= 0.3 is 12.0 Å². The summed E-state index contributed by atoms with van der Waals surface area (Å²) in [4.78, 5) is 11.9. The Morgan fingerprint density at radius 3 is 2.37 bits per heavy atom. The van der Waals surface area contributed by atoms with E-state index in [1.165, 1.54) is 0 Å². The standard InChI is InChI=1S/C11H21N5O3/c1-4-18-10-13-9(16-12)14-11(15-10)19-6-5-17-7-8(2)3/h8H,4-7,12H2,1-3H3,(H,13,14,15,16). The van der Waals surface area contributed by atoms with E-state index in [1.54, 1.807) is 0 Å². The fraction of sp³-hybridized carbons (Fsp3) is 0.727. The zero-order chi connectivity index (χ0) is 14.1. The second kappa shape index (κ2) is 8.44. The summed E-state index contributed by atoms with van der Waals surface area (Å²) >= 11 is 0. The van der Waals surface area contributed by atoms with E-state index in [4.69, 9.17) is 20.1 Å². The van der Waals surface area contributed by atoms with Gasteiger partial charge in [0.05, 0.1) is 13.2 Å². The van der Waals surface area contributed by atoms with Crippen LogP contribution in [0.1, 0.15) is 20.8 Å². The van der Waals surface area contributed by atoms with E-state index in [-0.39, 0.29) is 18.0 Å². The summed E-state index contributed by atoms with van der Waals surface area (Å²) in [5, 5.41) is 0. The van der Waals surface area contributed by atoms with E-state index in [2.05, 4.69) is 34.2 Å². The van der Waals surface area contributed by atoms with Crippen molar-refractivity contribution in [2.45, 2.75) is 20.8 Å². The maximum absolute atomic E-state index is 5.38. The van der Waals surface area contributed by atoms with E-state index in [1.807, 2.05) is 6.92 Å². The zero-order valence-electron chi connectivity index (χ0n) is 11.5. The Kier molecular flexibility index (Phi) is 6.83. The average molecular weight is 271 g/mol. The van der Waals surface area contributed by atoms with Crippen molar-refractivity contribution in [3.05, 3.63) is 0 Å². The largest absolute Gasteiger partial charge is 0.464 e. The number of aromatic nitrogens is 3. The van der Waals surface area contributed by atoms with Crippen LogP contribution in [0.15, 0.2) is 0 Å². The van der Waals surface area contributed by atoms with Gasteiger partial charge in [0.1, 0.15) is 6.61 Å². The van der Waals surface area contributed by atoms with E-state index in [9.17, 15) is 0 Å². The molecule has 1 rings (SSSR count). The summed E-state index contributed by atoms with van der Waals surface area (Å²) in [6.07, 6.45) is 0. The third-order valence-electron chi connectivity index (χ3n) is 1.91. The molecule has 0 aromatic carbocycles. The van der Waals surface area contributed by atoms with E-state index >= 15 is 0 Å². The molecule has 0 spiro atoms. The highest BCUT2D eigenvalue weighted by Gasteiger charge is 2.07. The van der Waals surface area contributed by atoms with E-state index in [0.29, 0.717) is 32.3 Å². The second-order valence-electron chi connectivity index (χ2n) is 4.12. The van der Waals surface area contributed by atoms with Crippen LogP contribution in [0.25, 0.3) is 0 Å². The van der Waals surface area contributed by atoms with Crippen LogP contribution in [0.3, 0.4) is 0 Å². The summed E-state index contributed by atoms with van der Waals surface area (Å²) < 4.78 is 15.9. The van der Waals surface area contributed by atoms with Gasteiger partial charge in [0.25, 0.3) is 0 Å². The minimum Gasteiger partial charge on any atom is -0.464 e. The molecular formula is C11H21N5O3. The molecule has 0 bridgehead atoms. The number of hydrogen-bond donors (Lipinski definition) is 2. The normalized spacial score (nSPS) is 10.6. The quantitative estimate of drug-likeness (QED) is 0.382. The number of nitrogens with one attached hydrogen (secondary N) is 1. The summed E-state index contributed by atoms with van der Waals surface area (Å²) in [6.45, 7) is 7.97. The van der Waals surface area contributed by atoms with Gasteiger partial charge in [-0.25, -0.2) is 5.84 Å². The Balaban J connectivity index is 2.45. The van der Waals surface area contributed by atoms with Crippen molar-refractivity contribution >= 4 is 5.95 Å². The molecule has 0 radical (unpaired) electrons. The van der Waals surface area contributed by atoms with Crippen molar-refractivity contribution in [3.8, 4) is 12.0 Å². The highest BCUT2D eigenvalue weighted by atomic mass is 16.5. The smallest absolute Gasteiger partial charge is 0.324 e. The Bertz CT molecular complexity index is 375. The molecule has 0 amide bonds. The first-order chi connectivity index (χ1) is 9.15. The number of hydrogen-bond acceptors (Lipinski definition) is 8. The van der Waals surface area contributed by atoms with E-state index < -0.39 is 0 Å². The minimum atomic E-state index is 0.152. The van der Waals surface area contributed by atoms with Crippen LogP contribution in [-0.2, 0) is 4.74 Å². The molecule has 0 aliphatic rings. The molecule has 0 saturated heterocycles. The van der Waals surface area contributed by atoms with Gasteiger partial charge in [-0.3, -0.25) is 5.43 Å². The number of nitrogen functional groups attached to an aromatic ring is 1. The van der Waals surface area contributed by atoms with Crippen molar-refractivity contribution in [2.24, 2.45) is 11.8 Å². The average Bonchev–Trinajstić information content (AvgIpc) is 2.38. The first-order valence-corrected chi connectivity index (χ1v) is 6.21. The third-order valence-corrected chi connectivity index (χ3v) is 1.91. The molecule has 1 aromatic heterocycles. The van der Waals surface area contributed by atoms with Gasteiger partial charge in [-0.05, 0) is 12.8 Å².